The lowest BCUT2D eigenvalue weighted by Gasteiger charge is -2.16. The summed E-state index contributed by atoms with van der Waals surface area (Å²) in [5.74, 6) is 1.24. The number of hydrogen-bond acceptors (Lipinski definition) is 2. The molecule has 1 aromatic heterocycles. The summed E-state index contributed by atoms with van der Waals surface area (Å²) < 4.78 is 2.06. The van der Waals surface area contributed by atoms with Gasteiger partial charge in [-0.2, -0.15) is 0 Å². The highest BCUT2D eigenvalue weighted by Gasteiger charge is 2.26. The lowest BCUT2D eigenvalue weighted by Crippen LogP contribution is -2.29. The molecule has 2 rings (SSSR count). The van der Waals surface area contributed by atoms with E-state index in [0.717, 1.165) is 25.5 Å². The molecule has 2 heterocycles. The Hall–Kier alpha value is -0.840. The summed E-state index contributed by atoms with van der Waals surface area (Å²) in [7, 11) is 0. The monoisotopic (exact) mass is 271 g/mol. The standard InChI is InChI=1S/C10H14BrN3O/c1-8-12-2-3-13(8)4-5-14-7-9(11)6-10(14)15/h2-3,9H,4-7H2,1H3. The first-order valence-corrected chi connectivity index (χ1v) is 5.98. The number of rotatable bonds is 3. The van der Waals surface area contributed by atoms with Gasteiger partial charge in [0.2, 0.25) is 5.91 Å². The van der Waals surface area contributed by atoms with E-state index >= 15 is 0 Å². The van der Waals surface area contributed by atoms with E-state index in [2.05, 4.69) is 25.5 Å². The lowest BCUT2D eigenvalue weighted by atomic mass is 10.4. The summed E-state index contributed by atoms with van der Waals surface area (Å²) in [6.45, 7) is 4.40. The zero-order valence-corrected chi connectivity index (χ0v) is 10.3. The fraction of sp³-hybridized carbons (Fsp3) is 0.600. The fourth-order valence-corrected chi connectivity index (χ4v) is 2.44. The van der Waals surface area contributed by atoms with Crippen molar-refractivity contribution < 1.29 is 4.79 Å². The Kier molecular flexibility index (Phi) is 3.09. The Morgan fingerprint density at radius 1 is 1.60 bits per heavy atom. The van der Waals surface area contributed by atoms with Gasteiger partial charge in [0.15, 0.2) is 0 Å². The van der Waals surface area contributed by atoms with Crippen LogP contribution in [0.15, 0.2) is 12.4 Å². The molecule has 0 bridgehead atoms. The van der Waals surface area contributed by atoms with Crippen LogP contribution in [0.3, 0.4) is 0 Å². The minimum Gasteiger partial charge on any atom is -0.340 e. The second kappa shape index (κ2) is 4.35. The molecular weight excluding hydrogens is 258 g/mol. The number of likely N-dealkylation sites (tertiary alicyclic amines) is 1. The molecule has 5 heteroatoms. The van der Waals surface area contributed by atoms with Crippen molar-refractivity contribution in [3.8, 4) is 0 Å². The number of carbonyl (C=O) groups is 1. The number of aromatic nitrogens is 2. The lowest BCUT2D eigenvalue weighted by molar-refractivity contribution is -0.127. The molecule has 1 aromatic rings. The van der Waals surface area contributed by atoms with Gasteiger partial charge in [-0.3, -0.25) is 4.79 Å². The Morgan fingerprint density at radius 2 is 2.40 bits per heavy atom. The molecular formula is C10H14BrN3O. The van der Waals surface area contributed by atoms with Crippen molar-refractivity contribution in [3.05, 3.63) is 18.2 Å². The van der Waals surface area contributed by atoms with Gasteiger partial charge in [-0.15, -0.1) is 0 Å². The maximum absolute atomic E-state index is 11.5. The van der Waals surface area contributed by atoms with E-state index < -0.39 is 0 Å². The van der Waals surface area contributed by atoms with E-state index in [1.54, 1.807) is 6.20 Å². The topological polar surface area (TPSA) is 38.1 Å². The summed E-state index contributed by atoms with van der Waals surface area (Å²) in [6, 6.07) is 0. The van der Waals surface area contributed by atoms with Crippen LogP contribution in [0.25, 0.3) is 0 Å². The van der Waals surface area contributed by atoms with Crippen LogP contribution in [0.4, 0.5) is 0 Å². The third kappa shape index (κ3) is 2.40. The van der Waals surface area contributed by atoms with Gasteiger partial charge in [-0.05, 0) is 6.92 Å². The molecule has 1 aliphatic heterocycles. The third-order valence-electron chi connectivity index (χ3n) is 2.70. The number of halogens is 1. The maximum Gasteiger partial charge on any atom is 0.223 e. The van der Waals surface area contributed by atoms with Crippen molar-refractivity contribution in [2.24, 2.45) is 0 Å². The number of aryl methyl sites for hydroxylation is 1. The van der Waals surface area contributed by atoms with Gasteiger partial charge in [0.05, 0.1) is 0 Å². The van der Waals surface area contributed by atoms with Gasteiger partial charge in [0.25, 0.3) is 0 Å². The zero-order chi connectivity index (χ0) is 10.8. The highest BCUT2D eigenvalue weighted by molar-refractivity contribution is 9.09. The number of imidazole rings is 1. The third-order valence-corrected chi connectivity index (χ3v) is 3.32. The Labute approximate surface area is 97.4 Å². The SMILES string of the molecule is Cc1nccn1CCN1CC(Br)CC1=O. The van der Waals surface area contributed by atoms with E-state index in [1.165, 1.54) is 0 Å². The highest BCUT2D eigenvalue weighted by Crippen LogP contribution is 2.17. The predicted molar refractivity (Wildman–Crippen MR) is 60.9 cm³/mol. The van der Waals surface area contributed by atoms with Crippen molar-refractivity contribution in [3.63, 3.8) is 0 Å². The van der Waals surface area contributed by atoms with Crippen LogP contribution in [-0.2, 0) is 11.3 Å². The van der Waals surface area contributed by atoms with Gasteiger partial charge >= 0.3 is 0 Å². The van der Waals surface area contributed by atoms with Crippen molar-refractivity contribution in [1.82, 2.24) is 14.5 Å². The molecule has 1 fully saturated rings. The number of carbonyl (C=O) groups excluding carboxylic acids is 1. The fourth-order valence-electron chi connectivity index (χ4n) is 1.81. The van der Waals surface area contributed by atoms with Crippen LogP contribution in [0.2, 0.25) is 0 Å². The first-order valence-electron chi connectivity index (χ1n) is 5.06. The predicted octanol–water partition coefficient (Wildman–Crippen LogP) is 1.19. The van der Waals surface area contributed by atoms with Gasteiger partial charge in [0.1, 0.15) is 5.82 Å². The molecule has 0 spiro atoms. The van der Waals surface area contributed by atoms with Gasteiger partial charge < -0.3 is 9.47 Å². The molecule has 15 heavy (non-hydrogen) atoms. The molecule has 0 aromatic carbocycles. The van der Waals surface area contributed by atoms with E-state index in [1.807, 2.05) is 18.0 Å². The first-order chi connectivity index (χ1) is 7.16. The summed E-state index contributed by atoms with van der Waals surface area (Å²) in [6.07, 6.45) is 4.36. The quantitative estimate of drug-likeness (QED) is 0.775. The molecule has 1 atom stereocenters. The van der Waals surface area contributed by atoms with E-state index in [4.69, 9.17) is 0 Å². The molecule has 1 amide bonds. The van der Waals surface area contributed by atoms with Crippen molar-refractivity contribution in [2.75, 3.05) is 13.1 Å². The van der Waals surface area contributed by atoms with Crippen LogP contribution < -0.4 is 0 Å². The Morgan fingerprint density at radius 3 is 2.93 bits per heavy atom. The molecule has 4 nitrogen and oxygen atoms in total. The average molecular weight is 272 g/mol. The Bertz CT molecular complexity index is 363. The minimum absolute atomic E-state index is 0.245. The molecule has 0 aliphatic carbocycles. The van der Waals surface area contributed by atoms with E-state index in [9.17, 15) is 4.79 Å². The summed E-state index contributed by atoms with van der Waals surface area (Å²) >= 11 is 3.47. The van der Waals surface area contributed by atoms with Crippen LogP contribution in [-0.4, -0.2) is 38.3 Å². The second-order valence-electron chi connectivity index (χ2n) is 3.81. The van der Waals surface area contributed by atoms with Crippen molar-refractivity contribution in [2.45, 2.75) is 24.7 Å². The van der Waals surface area contributed by atoms with Crippen molar-refractivity contribution in [1.29, 1.82) is 0 Å². The largest absolute Gasteiger partial charge is 0.340 e. The van der Waals surface area contributed by atoms with Gasteiger partial charge in [-0.1, -0.05) is 15.9 Å². The number of nitrogens with zero attached hydrogens (tertiary/aromatic N) is 3. The van der Waals surface area contributed by atoms with E-state index in [0.29, 0.717) is 11.2 Å². The minimum atomic E-state index is 0.245. The molecule has 82 valence electrons. The number of amides is 1. The number of hydrogen-bond donors (Lipinski definition) is 0. The number of alkyl halides is 1. The molecule has 0 N–H and O–H groups in total. The summed E-state index contributed by atoms with van der Waals surface area (Å²) in [5, 5.41) is 0. The maximum atomic E-state index is 11.5. The van der Waals surface area contributed by atoms with Crippen LogP contribution in [0, 0.1) is 6.92 Å². The molecule has 0 saturated carbocycles. The van der Waals surface area contributed by atoms with Crippen LogP contribution >= 0.6 is 15.9 Å². The highest BCUT2D eigenvalue weighted by atomic mass is 79.9. The van der Waals surface area contributed by atoms with Crippen LogP contribution in [0.1, 0.15) is 12.2 Å². The average Bonchev–Trinajstić information content (AvgIpc) is 2.70. The van der Waals surface area contributed by atoms with Crippen LogP contribution in [0.5, 0.6) is 0 Å². The molecule has 1 saturated heterocycles. The summed E-state index contributed by atoms with van der Waals surface area (Å²) in [4.78, 5) is 17.9. The molecule has 0 radical (unpaired) electrons. The normalized spacial score (nSPS) is 21.3. The Balaban J connectivity index is 1.89. The zero-order valence-electron chi connectivity index (χ0n) is 8.69. The van der Waals surface area contributed by atoms with Gasteiger partial charge in [-0.25, -0.2) is 4.98 Å². The van der Waals surface area contributed by atoms with Crippen molar-refractivity contribution >= 4 is 21.8 Å². The smallest absolute Gasteiger partial charge is 0.223 e. The summed E-state index contributed by atoms with van der Waals surface area (Å²) in [5.41, 5.74) is 0. The molecule has 1 aliphatic rings. The van der Waals surface area contributed by atoms with Gasteiger partial charge in [0, 0.05) is 43.3 Å². The van der Waals surface area contributed by atoms with E-state index in [-0.39, 0.29) is 5.91 Å². The molecule has 1 unspecified atom stereocenters. The second-order valence-corrected chi connectivity index (χ2v) is 5.10. The first kappa shape index (κ1) is 10.7.